The molecule has 0 aromatic carbocycles. The molecule has 19 heteroatoms. The van der Waals surface area contributed by atoms with Crippen LogP contribution in [0.1, 0.15) is 305 Å². The Kier molecular flexibility index (Phi) is 56.0. The van der Waals surface area contributed by atoms with E-state index in [1.165, 1.54) is 96.3 Å². The summed E-state index contributed by atoms with van der Waals surface area (Å²) in [6.45, 7) is 11.6. The van der Waals surface area contributed by atoms with E-state index in [1.54, 1.807) is 0 Å². The second-order valence-corrected chi connectivity index (χ2v) is 27.6. The van der Waals surface area contributed by atoms with Crippen LogP contribution in [0, 0.1) is 17.8 Å². The minimum Gasteiger partial charge on any atom is -0.462 e. The number of carbonyl (C=O) groups is 4. The van der Waals surface area contributed by atoms with E-state index in [9.17, 15) is 43.2 Å². The molecule has 0 amide bonds. The van der Waals surface area contributed by atoms with Crippen LogP contribution in [-0.4, -0.2) is 96.7 Å². The maximum absolute atomic E-state index is 13.0. The van der Waals surface area contributed by atoms with E-state index in [0.29, 0.717) is 37.5 Å². The van der Waals surface area contributed by atoms with Crippen molar-refractivity contribution < 1.29 is 80.2 Å². The summed E-state index contributed by atoms with van der Waals surface area (Å²) >= 11 is 0. The van der Waals surface area contributed by atoms with Gasteiger partial charge in [0.2, 0.25) is 0 Å². The van der Waals surface area contributed by atoms with Gasteiger partial charge in [-0.15, -0.1) is 0 Å². The Morgan fingerprint density at radius 3 is 1.03 bits per heavy atom. The van der Waals surface area contributed by atoms with Crippen LogP contribution < -0.4 is 0 Å². The molecule has 0 aliphatic carbocycles. The van der Waals surface area contributed by atoms with Crippen LogP contribution in [0.3, 0.4) is 0 Å². The third-order valence-electron chi connectivity index (χ3n) is 15.1. The highest BCUT2D eigenvalue weighted by Crippen LogP contribution is 2.45. The Morgan fingerprint density at radius 2 is 0.686 bits per heavy atom. The number of phosphoric acid groups is 2. The molecule has 0 fully saturated rings. The minimum absolute atomic E-state index is 0.0833. The molecule has 0 rings (SSSR count). The highest BCUT2D eigenvalue weighted by Gasteiger charge is 2.30. The number of ether oxygens (including phenoxy) is 4. The van der Waals surface area contributed by atoms with Gasteiger partial charge in [-0.05, 0) is 69.1 Å². The number of esters is 4. The van der Waals surface area contributed by atoms with Crippen molar-refractivity contribution in [1.82, 2.24) is 0 Å². The zero-order chi connectivity index (χ0) is 63.8. The zero-order valence-electron chi connectivity index (χ0n) is 55.3. The Morgan fingerprint density at radius 1 is 0.384 bits per heavy atom. The monoisotopic (exact) mass is 1260 g/mol. The number of phosphoric ester groups is 2. The molecule has 17 nitrogen and oxygen atoms in total. The fourth-order valence-electron chi connectivity index (χ4n) is 9.44. The number of rotatable bonds is 63. The van der Waals surface area contributed by atoms with E-state index in [1.807, 2.05) is 0 Å². The lowest BCUT2D eigenvalue weighted by Gasteiger charge is -2.21. The average Bonchev–Trinajstić information content (AvgIpc) is 3.68. The van der Waals surface area contributed by atoms with Crippen molar-refractivity contribution in [3.63, 3.8) is 0 Å². The summed E-state index contributed by atoms with van der Waals surface area (Å²) < 4.78 is 68.0. The Bertz CT molecular complexity index is 1790. The lowest BCUT2D eigenvalue weighted by Crippen LogP contribution is -2.30. The maximum atomic E-state index is 13.0. The van der Waals surface area contributed by atoms with Crippen LogP contribution >= 0.6 is 15.6 Å². The number of aliphatic hydroxyl groups excluding tert-OH is 1. The van der Waals surface area contributed by atoms with Gasteiger partial charge in [0.25, 0.3) is 0 Å². The second kappa shape index (κ2) is 57.7. The number of allylic oxidation sites excluding steroid dienone is 4. The number of carbonyl (C=O) groups excluding carboxylic acids is 4. The van der Waals surface area contributed by atoms with Crippen LogP contribution in [0.15, 0.2) is 24.3 Å². The lowest BCUT2D eigenvalue weighted by molar-refractivity contribution is -0.161. The fourth-order valence-corrected chi connectivity index (χ4v) is 11.0. The Balaban J connectivity index is 5.27. The molecule has 0 aliphatic heterocycles. The van der Waals surface area contributed by atoms with Crippen LogP contribution in [0.25, 0.3) is 0 Å². The van der Waals surface area contributed by atoms with Crippen LogP contribution in [0.2, 0.25) is 0 Å². The minimum atomic E-state index is -4.96. The molecule has 506 valence electrons. The van der Waals surface area contributed by atoms with E-state index in [2.05, 4.69) is 72.8 Å². The summed E-state index contributed by atoms with van der Waals surface area (Å²) in [4.78, 5) is 72.3. The van der Waals surface area contributed by atoms with Gasteiger partial charge in [0.05, 0.1) is 26.4 Å². The molecule has 6 atom stereocenters. The van der Waals surface area contributed by atoms with E-state index >= 15 is 0 Å². The van der Waals surface area contributed by atoms with Crippen molar-refractivity contribution in [1.29, 1.82) is 0 Å². The predicted molar refractivity (Wildman–Crippen MR) is 344 cm³/mol. The van der Waals surface area contributed by atoms with Crippen molar-refractivity contribution in [3.8, 4) is 0 Å². The highest BCUT2D eigenvalue weighted by molar-refractivity contribution is 7.47. The third kappa shape index (κ3) is 59.2. The molecular formula is C67H126O17P2. The van der Waals surface area contributed by atoms with Gasteiger partial charge in [0, 0.05) is 25.7 Å². The molecule has 0 spiro atoms. The molecule has 3 unspecified atom stereocenters. The molecular weight excluding hydrogens is 1140 g/mol. The molecule has 0 saturated heterocycles. The van der Waals surface area contributed by atoms with Gasteiger partial charge < -0.3 is 33.8 Å². The molecule has 0 radical (unpaired) electrons. The molecule has 0 bridgehead atoms. The Labute approximate surface area is 522 Å². The number of hydrogen-bond donors (Lipinski definition) is 3. The average molecular weight is 1270 g/mol. The summed E-state index contributed by atoms with van der Waals surface area (Å²) in [5, 5.41) is 10.5. The number of hydrogen-bond acceptors (Lipinski definition) is 15. The maximum Gasteiger partial charge on any atom is 0.472 e. The normalized spacial score (nSPS) is 14.8. The van der Waals surface area contributed by atoms with Gasteiger partial charge in [0.15, 0.2) is 12.2 Å². The van der Waals surface area contributed by atoms with Gasteiger partial charge in [-0.1, -0.05) is 253 Å². The first-order valence-corrected chi connectivity index (χ1v) is 37.2. The van der Waals surface area contributed by atoms with Gasteiger partial charge >= 0.3 is 39.5 Å². The summed E-state index contributed by atoms with van der Waals surface area (Å²) in [6.07, 6.45) is 42.7. The number of aliphatic hydroxyl groups is 1. The van der Waals surface area contributed by atoms with E-state index in [4.69, 9.17) is 37.0 Å². The fraction of sp³-hybridized carbons (Fsp3) is 0.881. The topological polar surface area (TPSA) is 237 Å². The second-order valence-electron chi connectivity index (χ2n) is 24.7. The van der Waals surface area contributed by atoms with Gasteiger partial charge in [-0.3, -0.25) is 37.3 Å². The van der Waals surface area contributed by atoms with Crippen molar-refractivity contribution in [2.24, 2.45) is 17.8 Å². The van der Waals surface area contributed by atoms with Gasteiger partial charge in [-0.2, -0.15) is 0 Å². The SMILES string of the molecule is CCCCCC/C=C\C=C/CCCCCCCC(=O)O[C@H](COC(=O)CCCCCCCCC(C)C)COP(=O)(O)OC[C@H](O)COP(=O)(O)OC[C@@H](COC(=O)CCCCCCCCCCC(C)CC)OC(=O)CCCCCCCCCC(C)C. The predicted octanol–water partition coefficient (Wildman–Crippen LogP) is 18.2. The van der Waals surface area contributed by atoms with Crippen molar-refractivity contribution >= 4 is 39.5 Å². The smallest absolute Gasteiger partial charge is 0.462 e. The summed E-state index contributed by atoms with van der Waals surface area (Å²) in [5.74, 6) is -0.0206. The molecule has 3 N–H and O–H groups in total. The van der Waals surface area contributed by atoms with Crippen LogP contribution in [0.5, 0.6) is 0 Å². The first-order chi connectivity index (χ1) is 41.3. The summed E-state index contributed by atoms with van der Waals surface area (Å²) in [5.41, 5.74) is 0. The first-order valence-electron chi connectivity index (χ1n) is 34.2. The van der Waals surface area contributed by atoms with Crippen molar-refractivity contribution in [3.05, 3.63) is 24.3 Å². The van der Waals surface area contributed by atoms with E-state index < -0.39 is 97.5 Å². The van der Waals surface area contributed by atoms with Gasteiger partial charge in [-0.25, -0.2) is 9.13 Å². The van der Waals surface area contributed by atoms with Crippen LogP contribution in [0.4, 0.5) is 0 Å². The van der Waals surface area contributed by atoms with E-state index in [0.717, 1.165) is 115 Å². The van der Waals surface area contributed by atoms with E-state index in [-0.39, 0.29) is 25.7 Å². The molecule has 0 aromatic heterocycles. The zero-order valence-corrected chi connectivity index (χ0v) is 57.0. The summed E-state index contributed by atoms with van der Waals surface area (Å²) in [6, 6.07) is 0. The molecule has 0 aliphatic rings. The van der Waals surface area contributed by atoms with Crippen molar-refractivity contribution in [2.45, 2.75) is 324 Å². The highest BCUT2D eigenvalue weighted by atomic mass is 31.2. The van der Waals surface area contributed by atoms with Crippen molar-refractivity contribution in [2.75, 3.05) is 39.6 Å². The molecule has 0 heterocycles. The van der Waals surface area contributed by atoms with Crippen LogP contribution in [-0.2, 0) is 65.4 Å². The first kappa shape index (κ1) is 83.5. The summed E-state index contributed by atoms with van der Waals surface area (Å²) in [7, 11) is -9.91. The molecule has 0 aromatic rings. The quantitative estimate of drug-likeness (QED) is 0.0169. The number of unbranched alkanes of at least 4 members (excludes halogenated alkanes) is 27. The standard InChI is InChI=1S/C67H126O17P2/c1-8-10-11-12-13-14-15-16-17-18-19-20-27-36-43-50-66(71)83-63(55-78-65(70)49-42-35-30-29-32-39-46-59(5)6)57-82-86(75,76)80-53-61(68)52-79-85(73,74)81-56-62(84-67(72)51-44-37-28-23-24-31-38-45-58(3)4)54-77-64(69)48-41-34-26-22-21-25-33-40-47-60(7)9-2/h14-17,58-63,68H,8-13,18-57H2,1-7H3,(H,73,74)(H,75,76)/b15-14-,17-16-/t60?,61-,62-,63-/m1/s1. The molecule has 0 saturated carbocycles. The lowest BCUT2D eigenvalue weighted by atomic mass is 9.99. The molecule has 86 heavy (non-hydrogen) atoms. The Hall–Kier alpha value is -2.46. The van der Waals surface area contributed by atoms with Gasteiger partial charge in [0.1, 0.15) is 19.3 Å². The largest absolute Gasteiger partial charge is 0.472 e. The third-order valence-corrected chi connectivity index (χ3v) is 17.0.